The first-order chi connectivity index (χ1) is 12.7. The lowest BCUT2D eigenvalue weighted by molar-refractivity contribution is -0.136. The molecular weight excluding hydrogens is 330 g/mol. The first-order valence-corrected chi connectivity index (χ1v) is 8.37. The van der Waals surface area contributed by atoms with Gasteiger partial charge in [0, 0.05) is 23.6 Å². The third kappa shape index (κ3) is 4.39. The number of fused-ring (bicyclic) bond motifs is 1. The Morgan fingerprint density at radius 3 is 2.58 bits per heavy atom. The molecule has 0 fully saturated rings. The number of esters is 1. The second kappa shape index (κ2) is 8.16. The Morgan fingerprint density at radius 2 is 1.73 bits per heavy atom. The van der Waals surface area contributed by atoms with Crippen LogP contribution < -0.4 is 14.8 Å². The Hall–Kier alpha value is -3.34. The molecule has 0 aliphatic carbocycles. The highest BCUT2D eigenvalue weighted by Crippen LogP contribution is 2.25. The van der Waals surface area contributed by atoms with Crippen molar-refractivity contribution in [3.63, 3.8) is 0 Å². The van der Waals surface area contributed by atoms with Crippen molar-refractivity contribution >= 4 is 28.3 Å². The number of hydrogen-bond acceptors (Lipinski definition) is 4. The van der Waals surface area contributed by atoms with E-state index in [4.69, 9.17) is 9.47 Å². The Kier molecular flexibility index (Phi) is 5.49. The molecule has 1 N–H and O–H groups in total. The largest absolute Gasteiger partial charge is 0.482 e. The highest BCUT2D eigenvalue weighted by molar-refractivity contribution is 5.91. The highest BCUT2D eigenvalue weighted by Gasteiger charge is 2.09. The molecule has 0 unspecified atom stereocenters. The second-order valence-electron chi connectivity index (χ2n) is 5.67. The molecule has 0 aliphatic rings. The van der Waals surface area contributed by atoms with Crippen LogP contribution in [0.1, 0.15) is 13.3 Å². The fourth-order valence-electron chi connectivity index (χ4n) is 2.49. The summed E-state index contributed by atoms with van der Waals surface area (Å²) in [6, 6.07) is 20.1. The van der Waals surface area contributed by atoms with Crippen LogP contribution in [0.4, 0.5) is 5.69 Å². The smallest absolute Gasteiger partial charge is 0.349 e. The van der Waals surface area contributed by atoms with Crippen molar-refractivity contribution in [1.82, 2.24) is 0 Å². The fourth-order valence-corrected chi connectivity index (χ4v) is 2.49. The summed E-state index contributed by atoms with van der Waals surface area (Å²) in [4.78, 5) is 23.6. The van der Waals surface area contributed by atoms with Gasteiger partial charge >= 0.3 is 5.97 Å². The Bertz CT molecular complexity index is 931. The van der Waals surface area contributed by atoms with Gasteiger partial charge in [0.15, 0.2) is 6.61 Å². The van der Waals surface area contributed by atoms with Gasteiger partial charge in [-0.3, -0.25) is 4.79 Å². The maximum atomic E-state index is 12.1. The van der Waals surface area contributed by atoms with E-state index in [1.54, 1.807) is 37.3 Å². The minimum atomic E-state index is -0.496. The number of carbonyl (C=O) groups is 2. The first kappa shape index (κ1) is 17.5. The van der Waals surface area contributed by atoms with E-state index >= 15 is 0 Å². The molecule has 0 heterocycles. The predicted octanol–water partition coefficient (Wildman–Crippen LogP) is 4.17. The number of anilines is 1. The van der Waals surface area contributed by atoms with Gasteiger partial charge in [-0.1, -0.05) is 49.4 Å². The zero-order chi connectivity index (χ0) is 18.4. The van der Waals surface area contributed by atoms with Crippen LogP contribution in [-0.2, 0) is 9.59 Å². The number of hydrogen-bond donors (Lipinski definition) is 1. The van der Waals surface area contributed by atoms with Gasteiger partial charge in [-0.25, -0.2) is 4.79 Å². The molecule has 1 amide bonds. The predicted molar refractivity (Wildman–Crippen MR) is 100 cm³/mol. The maximum absolute atomic E-state index is 12.1. The Balaban J connectivity index is 1.62. The van der Waals surface area contributed by atoms with Crippen molar-refractivity contribution in [2.24, 2.45) is 0 Å². The number of ether oxygens (including phenoxy) is 2. The van der Waals surface area contributed by atoms with Crippen LogP contribution in [0, 0.1) is 0 Å². The molecule has 0 aromatic heterocycles. The van der Waals surface area contributed by atoms with E-state index in [9.17, 15) is 9.59 Å². The summed E-state index contributed by atoms with van der Waals surface area (Å²) in [6.07, 6.45) is 0.391. The maximum Gasteiger partial charge on any atom is 0.349 e. The van der Waals surface area contributed by atoms with Crippen LogP contribution in [0.3, 0.4) is 0 Å². The van der Waals surface area contributed by atoms with Gasteiger partial charge in [0.2, 0.25) is 5.91 Å². The topological polar surface area (TPSA) is 64.6 Å². The second-order valence-corrected chi connectivity index (χ2v) is 5.67. The van der Waals surface area contributed by atoms with E-state index in [0.29, 0.717) is 23.6 Å². The molecule has 26 heavy (non-hydrogen) atoms. The quantitative estimate of drug-likeness (QED) is 0.536. The van der Waals surface area contributed by atoms with E-state index in [2.05, 4.69) is 5.32 Å². The van der Waals surface area contributed by atoms with Crippen molar-refractivity contribution in [3.8, 4) is 11.5 Å². The molecule has 5 heteroatoms. The number of amides is 1. The van der Waals surface area contributed by atoms with Crippen molar-refractivity contribution in [3.05, 3.63) is 66.7 Å². The summed E-state index contributed by atoms with van der Waals surface area (Å²) in [5.74, 6) is 0.399. The van der Waals surface area contributed by atoms with Gasteiger partial charge in [-0.2, -0.15) is 0 Å². The van der Waals surface area contributed by atoms with E-state index in [0.717, 1.165) is 10.8 Å². The third-order valence-corrected chi connectivity index (χ3v) is 3.77. The van der Waals surface area contributed by atoms with Crippen molar-refractivity contribution in [1.29, 1.82) is 0 Å². The zero-order valence-corrected chi connectivity index (χ0v) is 14.4. The molecule has 0 saturated carbocycles. The van der Waals surface area contributed by atoms with E-state index in [-0.39, 0.29) is 12.5 Å². The molecule has 132 valence electrons. The average molecular weight is 349 g/mol. The molecule has 0 atom stereocenters. The minimum Gasteiger partial charge on any atom is -0.482 e. The summed E-state index contributed by atoms with van der Waals surface area (Å²) in [5.41, 5.74) is 0.622. The van der Waals surface area contributed by atoms with Crippen LogP contribution in [0.5, 0.6) is 11.5 Å². The van der Waals surface area contributed by atoms with E-state index < -0.39 is 5.97 Å². The molecule has 0 aliphatic heterocycles. The summed E-state index contributed by atoms with van der Waals surface area (Å²) in [7, 11) is 0. The van der Waals surface area contributed by atoms with E-state index in [1.807, 2.05) is 36.4 Å². The minimum absolute atomic E-state index is 0.0856. The van der Waals surface area contributed by atoms with E-state index in [1.165, 1.54) is 0 Å². The first-order valence-electron chi connectivity index (χ1n) is 8.37. The van der Waals surface area contributed by atoms with Gasteiger partial charge in [0.1, 0.15) is 11.5 Å². The number of benzene rings is 3. The van der Waals surface area contributed by atoms with Crippen LogP contribution in [0.15, 0.2) is 66.7 Å². The van der Waals surface area contributed by atoms with Crippen molar-refractivity contribution < 1.29 is 19.1 Å². The zero-order valence-electron chi connectivity index (χ0n) is 14.4. The SMILES string of the molecule is CCC(=O)Nc1cccc(OCC(=O)Oc2cccc3ccccc23)c1. The standard InChI is InChI=1S/C21H19NO4/c1-2-20(23)22-16-9-6-10-17(13-16)25-14-21(24)26-19-12-5-8-15-7-3-4-11-18(15)19/h3-13H,2,14H2,1H3,(H,22,23). The monoisotopic (exact) mass is 349 g/mol. The molecule has 3 rings (SSSR count). The molecule has 3 aromatic rings. The lowest BCUT2D eigenvalue weighted by atomic mass is 10.1. The molecule has 0 spiro atoms. The normalized spacial score (nSPS) is 10.3. The molecular formula is C21H19NO4. The Labute approximate surface area is 151 Å². The molecule has 0 bridgehead atoms. The lowest BCUT2D eigenvalue weighted by Crippen LogP contribution is -2.18. The van der Waals surface area contributed by atoms with Gasteiger partial charge in [-0.15, -0.1) is 0 Å². The van der Waals surface area contributed by atoms with Crippen LogP contribution in [0.2, 0.25) is 0 Å². The number of carbonyl (C=O) groups excluding carboxylic acids is 2. The van der Waals surface area contributed by atoms with Crippen LogP contribution in [-0.4, -0.2) is 18.5 Å². The van der Waals surface area contributed by atoms with Crippen LogP contribution in [0.25, 0.3) is 10.8 Å². The molecule has 5 nitrogen and oxygen atoms in total. The van der Waals surface area contributed by atoms with Gasteiger partial charge < -0.3 is 14.8 Å². The number of rotatable bonds is 6. The van der Waals surface area contributed by atoms with Crippen molar-refractivity contribution in [2.45, 2.75) is 13.3 Å². The highest BCUT2D eigenvalue weighted by atomic mass is 16.6. The summed E-state index contributed by atoms with van der Waals surface area (Å²) < 4.78 is 10.9. The van der Waals surface area contributed by atoms with Crippen LogP contribution >= 0.6 is 0 Å². The van der Waals surface area contributed by atoms with Crippen molar-refractivity contribution in [2.75, 3.05) is 11.9 Å². The summed E-state index contributed by atoms with van der Waals surface area (Å²) in [5, 5.41) is 4.61. The fraction of sp³-hybridized carbons (Fsp3) is 0.143. The van der Waals surface area contributed by atoms with Gasteiger partial charge in [0.05, 0.1) is 0 Å². The third-order valence-electron chi connectivity index (χ3n) is 3.77. The summed E-state index contributed by atoms with van der Waals surface area (Å²) >= 11 is 0. The van der Waals surface area contributed by atoms with Gasteiger partial charge in [0.25, 0.3) is 0 Å². The van der Waals surface area contributed by atoms with Gasteiger partial charge in [-0.05, 0) is 23.6 Å². The lowest BCUT2D eigenvalue weighted by Gasteiger charge is -2.10. The average Bonchev–Trinajstić information content (AvgIpc) is 2.67. The number of nitrogens with one attached hydrogen (secondary N) is 1. The Morgan fingerprint density at radius 1 is 0.962 bits per heavy atom. The molecule has 3 aromatic carbocycles. The molecule has 0 radical (unpaired) electrons. The summed E-state index contributed by atoms with van der Waals surface area (Å²) in [6.45, 7) is 1.55. The molecule has 0 saturated heterocycles.